The molecule has 1 aromatic heterocycles. The highest BCUT2D eigenvalue weighted by atomic mass is 19.1. The molecule has 5 nitrogen and oxygen atoms in total. The van der Waals surface area contributed by atoms with E-state index in [2.05, 4.69) is 9.97 Å². The third kappa shape index (κ3) is 3.16. The van der Waals surface area contributed by atoms with Crippen LogP contribution < -0.4 is 4.74 Å². The van der Waals surface area contributed by atoms with Crippen LogP contribution in [0.25, 0.3) is 0 Å². The van der Waals surface area contributed by atoms with E-state index in [0.717, 1.165) is 0 Å². The molecular weight excluding hydrogens is 273 g/mol. The zero-order chi connectivity index (χ0) is 14.7. The first kappa shape index (κ1) is 13.5. The molecule has 108 valence electrons. The minimum atomic E-state index is -0.412. The second-order valence-electron chi connectivity index (χ2n) is 4.82. The van der Waals surface area contributed by atoms with Crippen LogP contribution in [0, 0.1) is 5.82 Å². The lowest BCUT2D eigenvalue weighted by Crippen LogP contribution is -2.31. The molecule has 2 heterocycles. The van der Waals surface area contributed by atoms with Gasteiger partial charge in [-0.1, -0.05) is 6.07 Å². The van der Waals surface area contributed by atoms with Crippen molar-refractivity contribution in [1.82, 2.24) is 14.9 Å². The molecule has 6 heteroatoms. The van der Waals surface area contributed by atoms with E-state index < -0.39 is 5.82 Å². The number of ether oxygens (including phenoxy) is 1. The summed E-state index contributed by atoms with van der Waals surface area (Å²) in [4.78, 5) is 21.9. The number of hydrogen-bond acceptors (Lipinski definition) is 4. The minimum absolute atomic E-state index is 0.134. The van der Waals surface area contributed by atoms with Gasteiger partial charge in [0.2, 0.25) is 0 Å². The maximum Gasteiger partial charge on any atom is 0.316 e. The Morgan fingerprint density at radius 3 is 2.86 bits per heavy atom. The molecule has 0 saturated carbocycles. The first-order valence-corrected chi connectivity index (χ1v) is 6.71. The van der Waals surface area contributed by atoms with Gasteiger partial charge >= 0.3 is 6.01 Å². The van der Waals surface area contributed by atoms with E-state index in [4.69, 9.17) is 4.74 Å². The van der Waals surface area contributed by atoms with Crippen LogP contribution in [0.2, 0.25) is 0 Å². The van der Waals surface area contributed by atoms with Gasteiger partial charge in [-0.25, -0.2) is 14.4 Å². The van der Waals surface area contributed by atoms with Crippen LogP contribution in [0.5, 0.6) is 6.01 Å². The number of likely N-dealkylation sites (tertiary alicyclic amines) is 1. The molecule has 3 rings (SSSR count). The Morgan fingerprint density at radius 2 is 2.10 bits per heavy atom. The van der Waals surface area contributed by atoms with E-state index in [1.54, 1.807) is 29.4 Å². The number of benzene rings is 1. The van der Waals surface area contributed by atoms with Gasteiger partial charge in [-0.05, 0) is 24.3 Å². The average Bonchev–Trinajstić information content (AvgIpc) is 2.96. The van der Waals surface area contributed by atoms with Crippen LogP contribution >= 0.6 is 0 Å². The van der Waals surface area contributed by atoms with Gasteiger partial charge in [-0.2, -0.15) is 0 Å². The fraction of sp³-hybridized carbons (Fsp3) is 0.267. The summed E-state index contributed by atoms with van der Waals surface area (Å²) in [6.45, 7) is 1.03. The minimum Gasteiger partial charge on any atom is -0.458 e. The average molecular weight is 287 g/mol. The molecule has 1 aromatic carbocycles. The van der Waals surface area contributed by atoms with Gasteiger partial charge in [0.05, 0.1) is 6.54 Å². The third-order valence-electron chi connectivity index (χ3n) is 3.32. The van der Waals surface area contributed by atoms with Gasteiger partial charge in [0.15, 0.2) is 0 Å². The monoisotopic (exact) mass is 287 g/mol. The molecule has 1 amide bonds. The summed E-state index contributed by atoms with van der Waals surface area (Å²) in [5, 5.41) is 0. The topological polar surface area (TPSA) is 55.3 Å². The summed E-state index contributed by atoms with van der Waals surface area (Å²) in [6.07, 6.45) is 3.78. The van der Waals surface area contributed by atoms with Crippen molar-refractivity contribution in [2.45, 2.75) is 12.5 Å². The Labute approximate surface area is 121 Å². The number of amides is 1. The van der Waals surface area contributed by atoms with Crippen LogP contribution in [0.4, 0.5) is 4.39 Å². The molecule has 0 radical (unpaired) electrons. The maximum atomic E-state index is 13.2. The van der Waals surface area contributed by atoms with E-state index in [-0.39, 0.29) is 12.0 Å². The largest absolute Gasteiger partial charge is 0.458 e. The molecule has 1 aliphatic heterocycles. The van der Waals surface area contributed by atoms with Gasteiger partial charge in [0.25, 0.3) is 5.91 Å². The van der Waals surface area contributed by atoms with Gasteiger partial charge in [0, 0.05) is 30.9 Å². The second-order valence-corrected chi connectivity index (χ2v) is 4.82. The van der Waals surface area contributed by atoms with Crippen LogP contribution in [0.15, 0.2) is 42.7 Å². The number of hydrogen-bond donors (Lipinski definition) is 0. The zero-order valence-corrected chi connectivity index (χ0v) is 11.3. The van der Waals surface area contributed by atoms with Crippen molar-refractivity contribution in [1.29, 1.82) is 0 Å². The molecule has 21 heavy (non-hydrogen) atoms. The van der Waals surface area contributed by atoms with Gasteiger partial charge in [0.1, 0.15) is 11.9 Å². The summed E-state index contributed by atoms with van der Waals surface area (Å²) in [7, 11) is 0. The maximum absolute atomic E-state index is 13.2. The number of aromatic nitrogens is 2. The number of rotatable bonds is 3. The fourth-order valence-electron chi connectivity index (χ4n) is 2.31. The molecule has 0 unspecified atom stereocenters. The fourth-order valence-corrected chi connectivity index (χ4v) is 2.31. The molecule has 2 aromatic rings. The Bertz CT molecular complexity index is 636. The second kappa shape index (κ2) is 5.87. The van der Waals surface area contributed by atoms with Crippen molar-refractivity contribution in [2.24, 2.45) is 0 Å². The highest BCUT2D eigenvalue weighted by molar-refractivity contribution is 5.94. The number of carbonyl (C=O) groups excluding carboxylic acids is 1. The standard InChI is InChI=1S/C15H14FN3O2/c16-12-4-1-3-11(9-12)14(20)19-8-5-13(10-19)21-15-17-6-2-7-18-15/h1-4,6-7,9,13H,5,8,10H2/t13-/m1/s1. The van der Waals surface area contributed by atoms with Gasteiger partial charge < -0.3 is 9.64 Å². The third-order valence-corrected chi connectivity index (χ3v) is 3.32. The quantitative estimate of drug-likeness (QED) is 0.865. The van der Waals surface area contributed by atoms with Crippen LogP contribution in [0.1, 0.15) is 16.8 Å². The van der Waals surface area contributed by atoms with E-state index >= 15 is 0 Å². The van der Waals surface area contributed by atoms with E-state index in [9.17, 15) is 9.18 Å². The molecule has 0 aliphatic carbocycles. The highest BCUT2D eigenvalue weighted by Gasteiger charge is 2.28. The summed E-state index contributed by atoms with van der Waals surface area (Å²) in [5.41, 5.74) is 0.353. The lowest BCUT2D eigenvalue weighted by molar-refractivity contribution is 0.0769. The number of halogens is 1. The van der Waals surface area contributed by atoms with E-state index in [0.29, 0.717) is 31.1 Å². The zero-order valence-electron chi connectivity index (χ0n) is 11.3. The van der Waals surface area contributed by atoms with Crippen LogP contribution in [-0.4, -0.2) is 40.0 Å². The lowest BCUT2D eigenvalue weighted by Gasteiger charge is -2.16. The van der Waals surface area contributed by atoms with Crippen molar-refractivity contribution < 1.29 is 13.9 Å². The predicted molar refractivity (Wildman–Crippen MR) is 73.4 cm³/mol. The summed E-state index contributed by atoms with van der Waals surface area (Å²) < 4.78 is 18.8. The molecule has 1 aliphatic rings. The van der Waals surface area contributed by atoms with Crippen molar-refractivity contribution in [3.63, 3.8) is 0 Å². The first-order valence-electron chi connectivity index (χ1n) is 6.71. The Kier molecular flexibility index (Phi) is 3.77. The molecular formula is C15H14FN3O2. The van der Waals surface area contributed by atoms with Crippen molar-refractivity contribution >= 4 is 5.91 Å². The number of carbonyl (C=O) groups is 1. The normalized spacial score (nSPS) is 17.8. The summed E-state index contributed by atoms with van der Waals surface area (Å²) >= 11 is 0. The van der Waals surface area contributed by atoms with Crippen molar-refractivity contribution in [3.8, 4) is 6.01 Å². The van der Waals surface area contributed by atoms with Crippen LogP contribution in [0.3, 0.4) is 0 Å². The molecule has 1 fully saturated rings. The van der Waals surface area contributed by atoms with Gasteiger partial charge in [-0.15, -0.1) is 0 Å². The predicted octanol–water partition coefficient (Wildman–Crippen LogP) is 1.91. The molecule has 1 saturated heterocycles. The molecule has 0 bridgehead atoms. The lowest BCUT2D eigenvalue weighted by atomic mass is 10.2. The Balaban J connectivity index is 1.63. The Morgan fingerprint density at radius 1 is 1.29 bits per heavy atom. The number of nitrogens with zero attached hydrogens (tertiary/aromatic N) is 3. The van der Waals surface area contributed by atoms with E-state index in [1.165, 1.54) is 18.2 Å². The SMILES string of the molecule is O=C(c1cccc(F)c1)N1CC[C@@H](Oc2ncccn2)C1. The first-order chi connectivity index (χ1) is 10.2. The van der Waals surface area contributed by atoms with Crippen molar-refractivity contribution in [2.75, 3.05) is 13.1 Å². The Hall–Kier alpha value is -2.50. The van der Waals surface area contributed by atoms with Crippen molar-refractivity contribution in [3.05, 3.63) is 54.1 Å². The molecule has 0 spiro atoms. The summed E-state index contributed by atoms with van der Waals surface area (Å²) in [6, 6.07) is 7.73. The smallest absolute Gasteiger partial charge is 0.316 e. The highest BCUT2D eigenvalue weighted by Crippen LogP contribution is 2.17. The van der Waals surface area contributed by atoms with E-state index in [1.807, 2.05) is 0 Å². The molecule has 0 N–H and O–H groups in total. The van der Waals surface area contributed by atoms with Gasteiger partial charge in [-0.3, -0.25) is 4.79 Å². The van der Waals surface area contributed by atoms with Crippen LogP contribution in [-0.2, 0) is 0 Å². The molecule has 1 atom stereocenters. The summed E-state index contributed by atoms with van der Waals surface area (Å²) in [5.74, 6) is -0.597.